The second-order valence-corrected chi connectivity index (χ2v) is 6.04. The molecule has 0 saturated carbocycles. The van der Waals surface area contributed by atoms with Crippen molar-refractivity contribution in [3.63, 3.8) is 0 Å². The van der Waals surface area contributed by atoms with Crippen molar-refractivity contribution in [2.75, 3.05) is 25.6 Å². The van der Waals surface area contributed by atoms with Crippen molar-refractivity contribution in [2.45, 2.75) is 33.2 Å². The van der Waals surface area contributed by atoms with Crippen molar-refractivity contribution in [1.82, 2.24) is 0 Å². The summed E-state index contributed by atoms with van der Waals surface area (Å²) in [4.78, 5) is 4.45. The first-order valence-electron chi connectivity index (χ1n) is 9.21. The molecule has 0 radical (unpaired) electrons. The van der Waals surface area contributed by atoms with Crippen molar-refractivity contribution in [3.05, 3.63) is 53.1 Å². The third kappa shape index (κ3) is 5.62. The largest absolute Gasteiger partial charge is 0.493 e. The number of para-hydroxylation sites is 1. The number of ether oxygens (including phenoxy) is 2. The number of methoxy groups -OCH3 is 1. The Bertz CT molecular complexity index is 753. The first-order valence-corrected chi connectivity index (χ1v) is 9.21. The van der Waals surface area contributed by atoms with E-state index in [2.05, 4.69) is 42.4 Å². The smallest absolute Gasteiger partial charge is 0.193 e. The van der Waals surface area contributed by atoms with E-state index >= 15 is 0 Å². The molecule has 2 rings (SSSR count). The summed E-state index contributed by atoms with van der Waals surface area (Å²) >= 11 is 0. The highest BCUT2D eigenvalue weighted by atomic mass is 16.5. The zero-order valence-corrected chi connectivity index (χ0v) is 16.3. The van der Waals surface area contributed by atoms with Gasteiger partial charge in [0.05, 0.1) is 20.3 Å². The van der Waals surface area contributed by atoms with E-state index in [0.717, 1.165) is 24.1 Å². The molecule has 6 nitrogen and oxygen atoms in total. The van der Waals surface area contributed by atoms with Gasteiger partial charge in [-0.3, -0.25) is 0 Å². The molecule has 0 bridgehead atoms. The van der Waals surface area contributed by atoms with Crippen LogP contribution < -0.4 is 20.5 Å². The maximum atomic E-state index is 8.88. The number of nitrogens with zero attached hydrogens (tertiary/aromatic N) is 1. The van der Waals surface area contributed by atoms with Gasteiger partial charge < -0.3 is 25.6 Å². The highest BCUT2D eigenvalue weighted by molar-refractivity contribution is 5.93. The Kier molecular flexibility index (Phi) is 7.95. The molecule has 0 aliphatic rings. The maximum Gasteiger partial charge on any atom is 0.193 e. The molecular weight excluding hydrogens is 342 g/mol. The van der Waals surface area contributed by atoms with Crippen LogP contribution in [0, 0.1) is 0 Å². The van der Waals surface area contributed by atoms with Crippen LogP contribution in [0.3, 0.4) is 0 Å². The lowest BCUT2D eigenvalue weighted by Crippen LogP contribution is -2.24. The van der Waals surface area contributed by atoms with Gasteiger partial charge in [0.2, 0.25) is 0 Å². The summed E-state index contributed by atoms with van der Waals surface area (Å²) in [5.41, 5.74) is 10.6. The number of aliphatic hydroxyl groups is 1. The van der Waals surface area contributed by atoms with E-state index in [-0.39, 0.29) is 13.2 Å². The van der Waals surface area contributed by atoms with Crippen molar-refractivity contribution < 1.29 is 14.6 Å². The van der Waals surface area contributed by atoms with E-state index < -0.39 is 0 Å². The first-order chi connectivity index (χ1) is 13.1. The molecule has 2 aromatic rings. The quantitative estimate of drug-likeness (QED) is 0.465. The SMILES string of the molecule is CCc1cccc(CC)c1NC(N)=NCc1ccc(OCCO)c(OC)c1. The number of guanidine groups is 1. The average Bonchev–Trinajstić information content (AvgIpc) is 2.71. The summed E-state index contributed by atoms with van der Waals surface area (Å²) in [7, 11) is 1.58. The van der Waals surface area contributed by atoms with Gasteiger partial charge in [-0.15, -0.1) is 0 Å². The molecule has 0 amide bonds. The van der Waals surface area contributed by atoms with Crippen LogP contribution in [-0.4, -0.2) is 31.4 Å². The summed E-state index contributed by atoms with van der Waals surface area (Å²) in [5, 5.41) is 12.1. The fourth-order valence-corrected chi connectivity index (χ4v) is 2.83. The number of anilines is 1. The van der Waals surface area contributed by atoms with Crippen LogP contribution in [0.2, 0.25) is 0 Å². The highest BCUT2D eigenvalue weighted by Gasteiger charge is 2.08. The molecule has 0 atom stereocenters. The van der Waals surface area contributed by atoms with E-state index in [0.29, 0.717) is 24.0 Å². The van der Waals surface area contributed by atoms with Gasteiger partial charge in [0, 0.05) is 5.69 Å². The van der Waals surface area contributed by atoms with Crippen LogP contribution in [0.15, 0.2) is 41.4 Å². The van der Waals surface area contributed by atoms with Crippen molar-refractivity contribution >= 4 is 11.6 Å². The van der Waals surface area contributed by atoms with E-state index in [9.17, 15) is 0 Å². The summed E-state index contributed by atoms with van der Waals surface area (Å²) in [6.07, 6.45) is 1.85. The number of aliphatic imine (C=N–C) groups is 1. The number of benzene rings is 2. The standard InChI is InChI=1S/C21H29N3O3/c1-4-16-7-6-8-17(5-2)20(16)24-21(22)23-14-15-9-10-18(27-12-11-25)19(13-15)26-3/h6-10,13,25H,4-5,11-12,14H2,1-3H3,(H3,22,23,24). The van der Waals surface area contributed by atoms with Gasteiger partial charge in [-0.25, -0.2) is 4.99 Å². The monoisotopic (exact) mass is 371 g/mol. The van der Waals surface area contributed by atoms with Crippen LogP contribution in [-0.2, 0) is 19.4 Å². The summed E-state index contributed by atoms with van der Waals surface area (Å²) in [6, 6.07) is 11.9. The van der Waals surface area contributed by atoms with Crippen LogP contribution in [0.25, 0.3) is 0 Å². The highest BCUT2D eigenvalue weighted by Crippen LogP contribution is 2.28. The second kappa shape index (κ2) is 10.4. The number of hydrogen-bond donors (Lipinski definition) is 3. The molecule has 0 unspecified atom stereocenters. The van der Waals surface area contributed by atoms with Crippen LogP contribution in [0.4, 0.5) is 5.69 Å². The molecule has 0 aliphatic carbocycles. The van der Waals surface area contributed by atoms with E-state index in [4.69, 9.17) is 20.3 Å². The van der Waals surface area contributed by atoms with Crippen LogP contribution in [0.5, 0.6) is 11.5 Å². The molecule has 2 aromatic carbocycles. The van der Waals surface area contributed by atoms with Crippen molar-refractivity contribution in [1.29, 1.82) is 0 Å². The van der Waals surface area contributed by atoms with E-state index in [1.807, 2.05) is 18.2 Å². The molecule has 0 aromatic heterocycles. The Morgan fingerprint density at radius 3 is 2.41 bits per heavy atom. The average molecular weight is 371 g/mol. The topological polar surface area (TPSA) is 89.1 Å². The van der Waals surface area contributed by atoms with Gasteiger partial charge in [-0.05, 0) is 41.7 Å². The molecule has 0 spiro atoms. The van der Waals surface area contributed by atoms with Gasteiger partial charge in [-0.2, -0.15) is 0 Å². The van der Waals surface area contributed by atoms with E-state index in [1.54, 1.807) is 7.11 Å². The minimum absolute atomic E-state index is 0.0453. The Morgan fingerprint density at radius 2 is 1.81 bits per heavy atom. The molecule has 0 aliphatic heterocycles. The number of aliphatic hydroxyl groups excluding tert-OH is 1. The number of hydrogen-bond acceptors (Lipinski definition) is 4. The second-order valence-electron chi connectivity index (χ2n) is 6.04. The molecule has 0 fully saturated rings. The van der Waals surface area contributed by atoms with Crippen molar-refractivity contribution in [2.24, 2.45) is 10.7 Å². The third-order valence-corrected chi connectivity index (χ3v) is 4.26. The zero-order valence-electron chi connectivity index (χ0n) is 16.3. The Hall–Kier alpha value is -2.73. The maximum absolute atomic E-state index is 8.88. The molecule has 4 N–H and O–H groups in total. The Balaban J connectivity index is 2.12. The van der Waals surface area contributed by atoms with E-state index in [1.165, 1.54) is 11.1 Å². The number of aryl methyl sites for hydroxylation is 2. The zero-order chi connectivity index (χ0) is 19.6. The molecule has 6 heteroatoms. The van der Waals surface area contributed by atoms with Gasteiger partial charge in [0.25, 0.3) is 0 Å². The first kappa shape index (κ1) is 20.6. The lowest BCUT2D eigenvalue weighted by Gasteiger charge is -2.15. The predicted molar refractivity (Wildman–Crippen MR) is 110 cm³/mol. The predicted octanol–water partition coefficient (Wildman–Crippen LogP) is 3.12. The van der Waals surface area contributed by atoms with Gasteiger partial charge in [-0.1, -0.05) is 38.1 Å². The fourth-order valence-electron chi connectivity index (χ4n) is 2.83. The van der Waals surface area contributed by atoms with Crippen LogP contribution >= 0.6 is 0 Å². The van der Waals surface area contributed by atoms with Gasteiger partial charge in [0.15, 0.2) is 17.5 Å². The van der Waals surface area contributed by atoms with Crippen molar-refractivity contribution in [3.8, 4) is 11.5 Å². The summed E-state index contributed by atoms with van der Waals surface area (Å²) in [6.45, 7) is 4.85. The minimum atomic E-state index is -0.0453. The summed E-state index contributed by atoms with van der Waals surface area (Å²) < 4.78 is 10.8. The molecule has 0 heterocycles. The Labute approximate surface area is 161 Å². The summed E-state index contributed by atoms with van der Waals surface area (Å²) in [5.74, 6) is 1.58. The van der Waals surface area contributed by atoms with Gasteiger partial charge in [0.1, 0.15) is 6.61 Å². The molecule has 27 heavy (non-hydrogen) atoms. The third-order valence-electron chi connectivity index (χ3n) is 4.26. The molecular formula is C21H29N3O3. The van der Waals surface area contributed by atoms with Crippen LogP contribution in [0.1, 0.15) is 30.5 Å². The Morgan fingerprint density at radius 1 is 1.11 bits per heavy atom. The number of rotatable bonds is 9. The normalized spacial score (nSPS) is 11.3. The lowest BCUT2D eigenvalue weighted by molar-refractivity contribution is 0.196. The molecule has 146 valence electrons. The molecule has 0 saturated heterocycles. The number of nitrogens with one attached hydrogen (secondary N) is 1. The number of nitrogens with two attached hydrogens (primary N) is 1. The van der Waals surface area contributed by atoms with Gasteiger partial charge >= 0.3 is 0 Å². The fraction of sp³-hybridized carbons (Fsp3) is 0.381. The lowest BCUT2D eigenvalue weighted by atomic mass is 10.0. The minimum Gasteiger partial charge on any atom is -0.493 e.